The molecular formula is C80H156O17P2. The molecule has 0 aliphatic rings. The first-order chi connectivity index (χ1) is 47.6. The van der Waals surface area contributed by atoms with Crippen molar-refractivity contribution in [2.24, 2.45) is 23.7 Å². The van der Waals surface area contributed by atoms with Gasteiger partial charge in [0.2, 0.25) is 0 Å². The minimum Gasteiger partial charge on any atom is -0.462 e. The summed E-state index contributed by atoms with van der Waals surface area (Å²) in [7, 11) is -9.92. The third-order valence-electron chi connectivity index (χ3n) is 18.9. The van der Waals surface area contributed by atoms with E-state index >= 15 is 0 Å². The van der Waals surface area contributed by atoms with Crippen LogP contribution in [-0.4, -0.2) is 96.7 Å². The van der Waals surface area contributed by atoms with Crippen molar-refractivity contribution in [1.82, 2.24) is 0 Å². The van der Waals surface area contributed by atoms with Gasteiger partial charge in [0.1, 0.15) is 19.3 Å². The molecule has 0 bridgehead atoms. The van der Waals surface area contributed by atoms with Crippen molar-refractivity contribution in [3.63, 3.8) is 0 Å². The quantitative estimate of drug-likeness (QED) is 0.0222. The van der Waals surface area contributed by atoms with Crippen LogP contribution in [0.5, 0.6) is 0 Å². The first kappa shape index (κ1) is 97.1. The summed E-state index contributed by atoms with van der Waals surface area (Å²) >= 11 is 0. The maximum absolute atomic E-state index is 13.1. The second-order valence-electron chi connectivity index (χ2n) is 30.5. The zero-order chi connectivity index (χ0) is 73.1. The van der Waals surface area contributed by atoms with Gasteiger partial charge in [0.15, 0.2) is 12.2 Å². The number of aliphatic hydroxyl groups is 1. The van der Waals surface area contributed by atoms with Gasteiger partial charge in [0.25, 0.3) is 0 Å². The average molecular weight is 1450 g/mol. The van der Waals surface area contributed by atoms with Crippen LogP contribution in [0, 0.1) is 23.7 Å². The van der Waals surface area contributed by atoms with Crippen LogP contribution >= 0.6 is 15.6 Å². The van der Waals surface area contributed by atoms with Gasteiger partial charge in [-0.05, 0) is 49.4 Å². The molecule has 0 heterocycles. The molecule has 0 aromatic heterocycles. The number of unbranched alkanes of at least 4 members (excludes halogenated alkanes) is 42. The highest BCUT2D eigenvalue weighted by Gasteiger charge is 2.30. The monoisotopic (exact) mass is 1450 g/mol. The van der Waals surface area contributed by atoms with Crippen LogP contribution in [-0.2, 0) is 65.4 Å². The van der Waals surface area contributed by atoms with Crippen molar-refractivity contribution < 1.29 is 80.2 Å². The predicted octanol–water partition coefficient (Wildman–Crippen LogP) is 23.6. The van der Waals surface area contributed by atoms with Gasteiger partial charge >= 0.3 is 39.5 Å². The van der Waals surface area contributed by atoms with E-state index in [1.165, 1.54) is 205 Å². The SMILES string of the molecule is CCC(C)CCCCCCCCCCCCCCCCCCCCC(=O)OC[C@H](COP(=O)(O)OCC(O)COP(=O)(O)OC[C@@H](COC(=O)CCCCCCCCCC(C)C)OC(=O)CCCCCCCCCCCC(C)C)OC(=O)CCCCCCCCCCCCCCC(C)C. The van der Waals surface area contributed by atoms with E-state index in [1.54, 1.807) is 0 Å². The summed E-state index contributed by atoms with van der Waals surface area (Å²) in [6, 6.07) is 0. The van der Waals surface area contributed by atoms with Crippen molar-refractivity contribution in [2.75, 3.05) is 39.6 Å². The molecule has 0 aliphatic carbocycles. The van der Waals surface area contributed by atoms with Crippen LogP contribution in [0.25, 0.3) is 0 Å². The Labute approximate surface area is 607 Å². The molecular weight excluding hydrogens is 1290 g/mol. The number of rotatable bonds is 77. The smallest absolute Gasteiger partial charge is 0.462 e. The molecule has 0 fully saturated rings. The normalized spacial score (nSPS) is 14.3. The number of hydrogen-bond donors (Lipinski definition) is 3. The number of carbonyl (C=O) groups is 4. The Morgan fingerprint density at radius 3 is 0.717 bits per heavy atom. The number of esters is 4. The molecule has 0 saturated heterocycles. The van der Waals surface area contributed by atoms with Crippen LogP contribution in [0.15, 0.2) is 0 Å². The van der Waals surface area contributed by atoms with Crippen molar-refractivity contribution in [3.8, 4) is 0 Å². The highest BCUT2D eigenvalue weighted by molar-refractivity contribution is 7.47. The summed E-state index contributed by atoms with van der Waals surface area (Å²) in [6.07, 6.45) is 55.7. The van der Waals surface area contributed by atoms with Crippen LogP contribution in [0.1, 0.15) is 409 Å². The first-order valence-corrected chi connectivity index (χ1v) is 44.2. The zero-order valence-electron chi connectivity index (χ0n) is 65.1. The fraction of sp³-hybridized carbons (Fsp3) is 0.950. The van der Waals surface area contributed by atoms with Crippen molar-refractivity contribution in [3.05, 3.63) is 0 Å². The number of carbonyl (C=O) groups excluding carboxylic acids is 4. The zero-order valence-corrected chi connectivity index (χ0v) is 66.9. The molecule has 99 heavy (non-hydrogen) atoms. The molecule has 0 saturated carbocycles. The maximum atomic E-state index is 13.1. The average Bonchev–Trinajstić information content (AvgIpc) is 1.32. The fourth-order valence-corrected chi connectivity index (χ4v) is 13.8. The van der Waals surface area contributed by atoms with Crippen LogP contribution < -0.4 is 0 Å². The highest BCUT2D eigenvalue weighted by atomic mass is 31.2. The van der Waals surface area contributed by atoms with Crippen molar-refractivity contribution >= 4 is 39.5 Å². The van der Waals surface area contributed by atoms with E-state index in [9.17, 15) is 43.2 Å². The molecule has 0 amide bonds. The Bertz CT molecular complexity index is 1940. The van der Waals surface area contributed by atoms with Gasteiger partial charge in [0, 0.05) is 25.7 Å². The molecule has 0 rings (SSSR count). The minimum absolute atomic E-state index is 0.104. The molecule has 0 aromatic rings. The van der Waals surface area contributed by atoms with Gasteiger partial charge in [-0.25, -0.2) is 9.13 Å². The molecule has 0 radical (unpaired) electrons. The largest absolute Gasteiger partial charge is 0.472 e. The standard InChI is InChI=1S/C80H156O17P2/c1-9-73(8)59-51-43-35-27-21-16-14-12-10-11-13-15-17-22-28-36-44-52-60-77(82)90-66-75(96-79(84)62-54-46-37-29-23-19-18-20-25-32-40-48-56-70(2)3)68-94-98(86,87)92-64-74(81)65-93-99(88,89)95-69-76(67-91-78(83)61-53-45-39-31-34-42-50-58-72(6)7)97-80(85)63-55-47-38-30-24-26-33-41-49-57-71(4)5/h70-76,81H,9-69H2,1-8H3,(H,86,87)(H,88,89)/t73?,74?,75-,76-/m1/s1. The Hall–Kier alpha value is -1.94. The van der Waals surface area contributed by atoms with E-state index in [0.717, 1.165) is 114 Å². The molecule has 6 atom stereocenters. The van der Waals surface area contributed by atoms with Crippen molar-refractivity contribution in [2.45, 2.75) is 427 Å². The van der Waals surface area contributed by atoms with Gasteiger partial charge in [-0.1, -0.05) is 357 Å². The summed E-state index contributed by atoms with van der Waals surface area (Å²) in [5, 5.41) is 10.6. The van der Waals surface area contributed by atoms with Crippen LogP contribution in [0.2, 0.25) is 0 Å². The number of hydrogen-bond acceptors (Lipinski definition) is 15. The van der Waals surface area contributed by atoms with Gasteiger partial charge in [0.05, 0.1) is 26.4 Å². The lowest BCUT2D eigenvalue weighted by Crippen LogP contribution is -2.30. The molecule has 4 unspecified atom stereocenters. The van der Waals surface area contributed by atoms with E-state index in [1.807, 2.05) is 0 Å². The fourth-order valence-electron chi connectivity index (χ4n) is 12.2. The molecule has 0 aromatic carbocycles. The number of ether oxygens (including phenoxy) is 4. The summed E-state index contributed by atoms with van der Waals surface area (Å²) in [6.45, 7) is 14.2. The Kier molecular flexibility index (Phi) is 67.8. The number of aliphatic hydroxyl groups excluding tert-OH is 1. The third kappa shape index (κ3) is 72.8. The molecule has 17 nitrogen and oxygen atoms in total. The van der Waals surface area contributed by atoms with Crippen LogP contribution in [0.3, 0.4) is 0 Å². The van der Waals surface area contributed by atoms with E-state index in [4.69, 9.17) is 37.0 Å². The first-order valence-electron chi connectivity index (χ1n) is 41.2. The van der Waals surface area contributed by atoms with Crippen LogP contribution in [0.4, 0.5) is 0 Å². The van der Waals surface area contributed by atoms with Gasteiger partial charge < -0.3 is 33.8 Å². The van der Waals surface area contributed by atoms with Crippen molar-refractivity contribution in [1.29, 1.82) is 0 Å². The van der Waals surface area contributed by atoms with E-state index in [0.29, 0.717) is 31.6 Å². The van der Waals surface area contributed by atoms with E-state index in [2.05, 4.69) is 55.4 Å². The van der Waals surface area contributed by atoms with Gasteiger partial charge in [-0.2, -0.15) is 0 Å². The Morgan fingerprint density at radius 1 is 0.283 bits per heavy atom. The molecule has 0 spiro atoms. The molecule has 19 heteroatoms. The Balaban J connectivity index is 5.19. The molecule has 0 aliphatic heterocycles. The second kappa shape index (κ2) is 69.1. The number of phosphoric ester groups is 2. The topological polar surface area (TPSA) is 237 Å². The highest BCUT2D eigenvalue weighted by Crippen LogP contribution is 2.45. The molecule has 588 valence electrons. The predicted molar refractivity (Wildman–Crippen MR) is 404 cm³/mol. The minimum atomic E-state index is -4.96. The summed E-state index contributed by atoms with van der Waals surface area (Å²) in [4.78, 5) is 72.9. The second-order valence-corrected chi connectivity index (χ2v) is 33.4. The van der Waals surface area contributed by atoms with Gasteiger partial charge in [-0.3, -0.25) is 37.3 Å². The lowest BCUT2D eigenvalue weighted by molar-refractivity contribution is -0.161. The lowest BCUT2D eigenvalue weighted by Gasteiger charge is -2.21. The third-order valence-corrected chi connectivity index (χ3v) is 20.8. The van der Waals surface area contributed by atoms with Gasteiger partial charge in [-0.15, -0.1) is 0 Å². The lowest BCUT2D eigenvalue weighted by atomic mass is 9.99. The summed E-state index contributed by atoms with van der Waals surface area (Å²) < 4.78 is 68.6. The Morgan fingerprint density at radius 2 is 0.485 bits per heavy atom. The number of phosphoric acid groups is 2. The maximum Gasteiger partial charge on any atom is 0.472 e. The van der Waals surface area contributed by atoms with E-state index < -0.39 is 97.5 Å². The summed E-state index contributed by atoms with van der Waals surface area (Å²) in [5.41, 5.74) is 0. The van der Waals surface area contributed by atoms with E-state index in [-0.39, 0.29) is 25.7 Å². The molecule has 3 N–H and O–H groups in total. The summed E-state index contributed by atoms with van der Waals surface area (Å²) in [5.74, 6) is 0.974.